The molecule has 118 valence electrons. The summed E-state index contributed by atoms with van der Waals surface area (Å²) in [6.45, 7) is 3.95. The van der Waals surface area contributed by atoms with Crippen LogP contribution in [0, 0.1) is 0 Å². The molecule has 2 rings (SSSR count). The fourth-order valence-electron chi connectivity index (χ4n) is 1.70. The average molecular weight is 340 g/mol. The van der Waals surface area contributed by atoms with Crippen molar-refractivity contribution in [2.24, 2.45) is 5.14 Å². The zero-order chi connectivity index (χ0) is 16.5. The molecule has 0 radical (unpaired) electrons. The molecule has 0 saturated heterocycles. The highest BCUT2D eigenvalue weighted by atomic mass is 32.2. The molecule has 0 aliphatic carbocycles. The van der Waals surface area contributed by atoms with E-state index in [1.54, 1.807) is 0 Å². The van der Waals surface area contributed by atoms with E-state index in [4.69, 9.17) is 16.6 Å². The molecule has 0 atom stereocenters. The van der Waals surface area contributed by atoms with Crippen molar-refractivity contribution < 1.29 is 8.42 Å². The fraction of sp³-hybridized carbons (Fsp3) is 0.250. The summed E-state index contributed by atoms with van der Waals surface area (Å²) in [6.07, 6.45) is 2.99. The zero-order valence-electron chi connectivity index (χ0n) is 12.0. The van der Waals surface area contributed by atoms with Crippen LogP contribution < -0.4 is 16.6 Å². The zero-order valence-corrected chi connectivity index (χ0v) is 13.6. The molecule has 10 heteroatoms. The normalized spacial score (nSPS) is 11.8. The summed E-state index contributed by atoms with van der Waals surface area (Å²) in [5.74, 6) is 0.438. The van der Waals surface area contributed by atoms with Gasteiger partial charge in [0, 0.05) is 17.3 Å². The van der Waals surface area contributed by atoms with E-state index < -0.39 is 10.0 Å². The summed E-state index contributed by atoms with van der Waals surface area (Å²) >= 11 is 1.24. The molecule has 0 unspecified atom stereocenters. The van der Waals surface area contributed by atoms with E-state index in [1.165, 1.54) is 30.2 Å². The summed E-state index contributed by atoms with van der Waals surface area (Å²) in [7, 11) is -3.88. The van der Waals surface area contributed by atoms with Crippen molar-refractivity contribution in [2.75, 3.05) is 11.5 Å². The third kappa shape index (κ3) is 3.64. The second kappa shape index (κ2) is 6.07. The average Bonchev–Trinajstić information content (AvgIpc) is 2.40. The predicted molar refractivity (Wildman–Crippen MR) is 84.7 cm³/mol. The number of primary sulfonamides is 1. The Balaban J connectivity index is 2.51. The minimum atomic E-state index is -3.88. The summed E-state index contributed by atoms with van der Waals surface area (Å²) in [5, 5.41) is 4.93. The molecule has 6 N–H and O–H groups in total. The second-order valence-electron chi connectivity index (χ2n) is 4.84. The third-order valence-electron chi connectivity index (χ3n) is 2.80. The summed E-state index contributed by atoms with van der Waals surface area (Å²) in [6, 6.07) is 1.42. The molecule has 2 heterocycles. The van der Waals surface area contributed by atoms with Gasteiger partial charge in [0.2, 0.25) is 5.95 Å². The Hall–Kier alpha value is -1.91. The van der Waals surface area contributed by atoms with Gasteiger partial charge in [-0.2, -0.15) is 4.98 Å². The summed E-state index contributed by atoms with van der Waals surface area (Å²) in [5.41, 5.74) is 12.1. The standard InChI is InChI=1S/C12H16N6O2S2/c1-6(2)7-4-16-10(22(15,19)20)3-8(7)21-9-5-17-12(14)18-11(9)13/h3-6H,1-2H3,(H2,15,19,20)(H4,13,14,17,18). The number of sulfonamides is 1. The van der Waals surface area contributed by atoms with Gasteiger partial charge in [0.25, 0.3) is 10.0 Å². The van der Waals surface area contributed by atoms with E-state index in [1.807, 2.05) is 13.8 Å². The van der Waals surface area contributed by atoms with Crippen LogP contribution in [0.25, 0.3) is 0 Å². The summed E-state index contributed by atoms with van der Waals surface area (Å²) < 4.78 is 22.9. The lowest BCUT2D eigenvalue weighted by Crippen LogP contribution is -2.14. The molecule has 22 heavy (non-hydrogen) atoms. The Bertz CT molecular complexity index is 807. The van der Waals surface area contributed by atoms with Crippen LogP contribution in [0.2, 0.25) is 0 Å². The molecule has 0 aliphatic rings. The molecule has 0 aliphatic heterocycles. The Morgan fingerprint density at radius 1 is 1.14 bits per heavy atom. The molecule has 0 amide bonds. The first-order chi connectivity index (χ1) is 10.2. The van der Waals surface area contributed by atoms with Gasteiger partial charge < -0.3 is 11.5 Å². The smallest absolute Gasteiger partial charge is 0.255 e. The van der Waals surface area contributed by atoms with Gasteiger partial charge in [0.05, 0.1) is 4.90 Å². The Morgan fingerprint density at radius 3 is 2.36 bits per heavy atom. The molecule has 0 fully saturated rings. The first-order valence-corrected chi connectivity index (χ1v) is 8.63. The Morgan fingerprint density at radius 2 is 1.82 bits per heavy atom. The van der Waals surface area contributed by atoms with E-state index in [-0.39, 0.29) is 22.7 Å². The van der Waals surface area contributed by atoms with Crippen molar-refractivity contribution >= 4 is 33.6 Å². The van der Waals surface area contributed by atoms with Crippen molar-refractivity contribution in [1.82, 2.24) is 15.0 Å². The quantitative estimate of drug-likeness (QED) is 0.744. The number of nitrogens with zero attached hydrogens (tertiary/aromatic N) is 3. The molecule has 0 bridgehead atoms. The van der Waals surface area contributed by atoms with E-state index in [0.717, 1.165) is 5.56 Å². The van der Waals surface area contributed by atoms with Crippen LogP contribution in [0.5, 0.6) is 0 Å². The van der Waals surface area contributed by atoms with Gasteiger partial charge in [-0.15, -0.1) is 0 Å². The molecule has 0 spiro atoms. The Kier molecular flexibility index (Phi) is 4.54. The molecule has 0 aromatic carbocycles. The van der Waals surface area contributed by atoms with Gasteiger partial charge in [0.15, 0.2) is 5.03 Å². The van der Waals surface area contributed by atoms with Crippen LogP contribution in [-0.2, 0) is 10.0 Å². The molecule has 2 aromatic heterocycles. The third-order valence-corrected chi connectivity index (χ3v) is 4.72. The van der Waals surface area contributed by atoms with Gasteiger partial charge in [-0.1, -0.05) is 25.6 Å². The minimum Gasteiger partial charge on any atom is -0.383 e. The van der Waals surface area contributed by atoms with Crippen LogP contribution in [0.4, 0.5) is 11.8 Å². The Labute approximate surface area is 132 Å². The number of aromatic nitrogens is 3. The van der Waals surface area contributed by atoms with Gasteiger partial charge in [-0.05, 0) is 17.5 Å². The topological polar surface area (TPSA) is 151 Å². The molecular formula is C12H16N6O2S2. The second-order valence-corrected chi connectivity index (χ2v) is 7.43. The van der Waals surface area contributed by atoms with Crippen molar-refractivity contribution in [3.8, 4) is 0 Å². The maximum atomic E-state index is 11.5. The largest absolute Gasteiger partial charge is 0.383 e. The van der Waals surface area contributed by atoms with Crippen molar-refractivity contribution in [3.63, 3.8) is 0 Å². The van der Waals surface area contributed by atoms with Crippen LogP contribution >= 0.6 is 11.8 Å². The van der Waals surface area contributed by atoms with Gasteiger partial charge >= 0.3 is 0 Å². The van der Waals surface area contributed by atoms with Crippen LogP contribution in [0.15, 0.2) is 33.3 Å². The minimum absolute atomic E-state index is 0.0749. The molecule has 2 aromatic rings. The monoisotopic (exact) mass is 340 g/mol. The highest BCUT2D eigenvalue weighted by Crippen LogP contribution is 2.36. The van der Waals surface area contributed by atoms with Crippen LogP contribution in [0.3, 0.4) is 0 Å². The van der Waals surface area contributed by atoms with Gasteiger partial charge in [0.1, 0.15) is 5.82 Å². The van der Waals surface area contributed by atoms with E-state index in [9.17, 15) is 8.42 Å². The summed E-state index contributed by atoms with van der Waals surface area (Å²) in [4.78, 5) is 12.9. The number of nitrogens with two attached hydrogens (primary N) is 3. The van der Waals surface area contributed by atoms with E-state index in [2.05, 4.69) is 15.0 Å². The lowest BCUT2D eigenvalue weighted by molar-refractivity contribution is 0.593. The van der Waals surface area contributed by atoms with E-state index >= 15 is 0 Å². The van der Waals surface area contributed by atoms with Gasteiger partial charge in [-0.3, -0.25) is 0 Å². The maximum absolute atomic E-state index is 11.5. The number of hydrogen-bond acceptors (Lipinski definition) is 8. The lowest BCUT2D eigenvalue weighted by Gasteiger charge is -2.13. The lowest BCUT2D eigenvalue weighted by atomic mass is 10.1. The molecule has 0 saturated carbocycles. The fourth-order valence-corrected chi connectivity index (χ4v) is 3.33. The number of hydrogen-bond donors (Lipinski definition) is 3. The number of pyridine rings is 1. The number of rotatable bonds is 4. The highest BCUT2D eigenvalue weighted by Gasteiger charge is 2.17. The van der Waals surface area contributed by atoms with Crippen molar-refractivity contribution in [2.45, 2.75) is 34.6 Å². The van der Waals surface area contributed by atoms with Crippen LogP contribution in [0.1, 0.15) is 25.3 Å². The molecular weight excluding hydrogens is 324 g/mol. The number of anilines is 2. The molecule has 8 nitrogen and oxygen atoms in total. The van der Waals surface area contributed by atoms with Crippen molar-refractivity contribution in [3.05, 3.63) is 24.0 Å². The SMILES string of the molecule is CC(C)c1cnc(S(N)(=O)=O)cc1Sc1cnc(N)nc1N. The number of nitrogen functional groups attached to an aromatic ring is 2. The van der Waals surface area contributed by atoms with Gasteiger partial charge in [-0.25, -0.2) is 23.5 Å². The highest BCUT2D eigenvalue weighted by molar-refractivity contribution is 7.99. The first kappa shape index (κ1) is 16.5. The van der Waals surface area contributed by atoms with E-state index in [0.29, 0.717) is 9.79 Å². The maximum Gasteiger partial charge on any atom is 0.255 e. The predicted octanol–water partition coefficient (Wildman–Crippen LogP) is 0.958. The van der Waals surface area contributed by atoms with Crippen LogP contribution in [-0.4, -0.2) is 23.4 Å². The van der Waals surface area contributed by atoms with Crippen molar-refractivity contribution in [1.29, 1.82) is 0 Å². The first-order valence-electron chi connectivity index (χ1n) is 6.27.